The Morgan fingerprint density at radius 3 is 2.93 bits per heavy atom. The average molecular weight is 192 g/mol. The van der Waals surface area contributed by atoms with Crippen molar-refractivity contribution in [1.82, 2.24) is 0 Å². The maximum atomic E-state index is 10.1. The minimum absolute atomic E-state index is 0.111. The fraction of sp³-hybridized carbons (Fsp3) is 0.182. The van der Waals surface area contributed by atoms with E-state index in [4.69, 9.17) is 4.74 Å². The Bertz CT molecular complexity index is 342. The number of phenols is 1. The molecule has 0 spiro atoms. The van der Waals surface area contributed by atoms with Crippen molar-refractivity contribution in [3.63, 3.8) is 0 Å². The molecule has 0 aromatic heterocycles. The van der Waals surface area contributed by atoms with E-state index in [9.17, 15) is 9.90 Å². The Morgan fingerprint density at radius 1 is 1.50 bits per heavy atom. The number of methoxy groups -OCH3 is 1. The molecule has 3 nitrogen and oxygen atoms in total. The van der Waals surface area contributed by atoms with E-state index in [-0.39, 0.29) is 5.75 Å². The number of ether oxygens (including phenoxy) is 1. The second-order valence-corrected chi connectivity index (χ2v) is 2.74. The van der Waals surface area contributed by atoms with Crippen LogP contribution in [0.3, 0.4) is 0 Å². The monoisotopic (exact) mass is 192 g/mol. The molecule has 1 aromatic carbocycles. The number of carbonyl (C=O) groups excluding carboxylic acids is 1. The number of hydrogen-bond donors (Lipinski definition) is 1. The zero-order valence-corrected chi connectivity index (χ0v) is 7.93. The fourth-order valence-electron chi connectivity index (χ4n) is 1.06. The predicted molar refractivity (Wildman–Crippen MR) is 54.4 cm³/mol. The first kappa shape index (κ1) is 10.3. The molecule has 14 heavy (non-hydrogen) atoms. The predicted octanol–water partition coefficient (Wildman–Crippen LogP) is 2.00. The van der Waals surface area contributed by atoms with Crippen LogP contribution in [0.2, 0.25) is 0 Å². The molecule has 0 aliphatic rings. The van der Waals surface area contributed by atoms with Gasteiger partial charge in [-0.15, -0.1) is 0 Å². The summed E-state index contributed by atoms with van der Waals surface area (Å²) in [5.41, 5.74) is 0.890. The molecule has 0 unspecified atom stereocenters. The SMILES string of the molecule is COc1cc(C=CCC=O)ccc1O. The number of rotatable bonds is 4. The topological polar surface area (TPSA) is 46.5 Å². The number of benzene rings is 1. The average Bonchev–Trinajstić information content (AvgIpc) is 2.21. The van der Waals surface area contributed by atoms with Crippen LogP contribution in [-0.2, 0) is 4.79 Å². The summed E-state index contributed by atoms with van der Waals surface area (Å²) in [6.45, 7) is 0. The summed E-state index contributed by atoms with van der Waals surface area (Å²) < 4.78 is 4.94. The van der Waals surface area contributed by atoms with Crippen LogP contribution >= 0.6 is 0 Å². The molecule has 0 amide bonds. The summed E-state index contributed by atoms with van der Waals surface area (Å²) in [5.74, 6) is 0.540. The zero-order valence-electron chi connectivity index (χ0n) is 7.93. The van der Waals surface area contributed by atoms with Gasteiger partial charge in [-0.1, -0.05) is 18.2 Å². The molecule has 74 valence electrons. The summed E-state index contributed by atoms with van der Waals surface area (Å²) in [4.78, 5) is 10.1. The molecular weight excluding hydrogens is 180 g/mol. The highest BCUT2D eigenvalue weighted by molar-refractivity contribution is 5.60. The molecule has 0 aliphatic heterocycles. The quantitative estimate of drug-likeness (QED) is 0.742. The van der Waals surface area contributed by atoms with Crippen LogP contribution in [0.15, 0.2) is 24.3 Å². The first-order chi connectivity index (χ1) is 6.77. The lowest BCUT2D eigenvalue weighted by Crippen LogP contribution is -1.84. The van der Waals surface area contributed by atoms with Crippen molar-refractivity contribution < 1.29 is 14.6 Å². The first-order valence-corrected chi connectivity index (χ1v) is 4.25. The van der Waals surface area contributed by atoms with Crippen LogP contribution in [0.25, 0.3) is 6.08 Å². The molecule has 0 bridgehead atoms. The molecule has 1 N–H and O–H groups in total. The molecule has 1 aromatic rings. The Morgan fingerprint density at radius 2 is 2.29 bits per heavy atom. The molecular formula is C11H12O3. The van der Waals surface area contributed by atoms with Crippen molar-refractivity contribution >= 4 is 12.4 Å². The lowest BCUT2D eigenvalue weighted by atomic mass is 10.2. The van der Waals surface area contributed by atoms with E-state index in [0.717, 1.165) is 11.8 Å². The van der Waals surface area contributed by atoms with Gasteiger partial charge in [-0.2, -0.15) is 0 Å². The Kier molecular flexibility index (Phi) is 3.73. The molecule has 0 atom stereocenters. The standard InChI is InChI=1S/C11H12O3/c1-14-11-8-9(4-2-3-7-12)5-6-10(11)13/h2,4-8,13H,3H2,1H3. The Balaban J connectivity index is 2.83. The van der Waals surface area contributed by atoms with Gasteiger partial charge < -0.3 is 14.6 Å². The number of aromatic hydroxyl groups is 1. The third-order valence-electron chi connectivity index (χ3n) is 1.75. The van der Waals surface area contributed by atoms with Gasteiger partial charge in [0.1, 0.15) is 6.29 Å². The highest BCUT2D eigenvalue weighted by Gasteiger charge is 1.99. The van der Waals surface area contributed by atoms with Crippen LogP contribution in [-0.4, -0.2) is 18.5 Å². The lowest BCUT2D eigenvalue weighted by Gasteiger charge is -2.03. The third-order valence-corrected chi connectivity index (χ3v) is 1.75. The smallest absolute Gasteiger partial charge is 0.161 e. The van der Waals surface area contributed by atoms with E-state index in [2.05, 4.69) is 0 Å². The highest BCUT2D eigenvalue weighted by Crippen LogP contribution is 2.26. The number of carbonyl (C=O) groups is 1. The van der Waals surface area contributed by atoms with Crippen LogP contribution in [0.1, 0.15) is 12.0 Å². The maximum Gasteiger partial charge on any atom is 0.161 e. The fourth-order valence-corrected chi connectivity index (χ4v) is 1.06. The summed E-state index contributed by atoms with van der Waals surface area (Å²) in [5, 5.41) is 9.30. The third kappa shape index (κ3) is 2.62. The number of phenolic OH excluding ortho intramolecular Hbond substituents is 1. The summed E-state index contributed by atoms with van der Waals surface area (Å²) in [6, 6.07) is 5.01. The summed E-state index contributed by atoms with van der Waals surface area (Å²) >= 11 is 0. The largest absolute Gasteiger partial charge is 0.504 e. The van der Waals surface area contributed by atoms with Crippen LogP contribution in [0.5, 0.6) is 11.5 Å². The van der Waals surface area contributed by atoms with Crippen LogP contribution in [0.4, 0.5) is 0 Å². The summed E-state index contributed by atoms with van der Waals surface area (Å²) in [6.07, 6.45) is 4.77. The van der Waals surface area contributed by atoms with Gasteiger partial charge in [-0.25, -0.2) is 0 Å². The highest BCUT2D eigenvalue weighted by atomic mass is 16.5. The second kappa shape index (κ2) is 5.07. The molecule has 3 heteroatoms. The van der Waals surface area contributed by atoms with Crippen molar-refractivity contribution in [2.45, 2.75) is 6.42 Å². The second-order valence-electron chi connectivity index (χ2n) is 2.74. The van der Waals surface area contributed by atoms with Crippen LogP contribution in [0, 0.1) is 0 Å². The van der Waals surface area contributed by atoms with Gasteiger partial charge >= 0.3 is 0 Å². The van der Waals surface area contributed by atoms with Gasteiger partial charge in [0.05, 0.1) is 7.11 Å². The van der Waals surface area contributed by atoms with Gasteiger partial charge in [0.2, 0.25) is 0 Å². The zero-order chi connectivity index (χ0) is 10.4. The molecule has 0 saturated carbocycles. The van der Waals surface area contributed by atoms with Crippen molar-refractivity contribution in [2.24, 2.45) is 0 Å². The van der Waals surface area contributed by atoms with Crippen molar-refractivity contribution in [2.75, 3.05) is 7.11 Å². The van der Waals surface area contributed by atoms with E-state index in [1.807, 2.05) is 0 Å². The number of allylic oxidation sites excluding steroid dienone is 1. The maximum absolute atomic E-state index is 10.1. The minimum Gasteiger partial charge on any atom is -0.504 e. The Labute approximate surface area is 82.6 Å². The van der Waals surface area contributed by atoms with E-state index >= 15 is 0 Å². The van der Waals surface area contributed by atoms with E-state index in [1.165, 1.54) is 7.11 Å². The van der Waals surface area contributed by atoms with Crippen LogP contribution < -0.4 is 4.74 Å². The van der Waals surface area contributed by atoms with Gasteiger partial charge in [-0.3, -0.25) is 0 Å². The van der Waals surface area contributed by atoms with Gasteiger partial charge in [0, 0.05) is 6.42 Å². The molecule has 0 saturated heterocycles. The van der Waals surface area contributed by atoms with E-state index in [0.29, 0.717) is 12.2 Å². The van der Waals surface area contributed by atoms with E-state index < -0.39 is 0 Å². The molecule has 1 rings (SSSR count). The van der Waals surface area contributed by atoms with Gasteiger partial charge in [0.15, 0.2) is 11.5 Å². The van der Waals surface area contributed by atoms with Gasteiger partial charge in [-0.05, 0) is 17.7 Å². The normalized spacial score (nSPS) is 10.4. The van der Waals surface area contributed by atoms with Crippen molar-refractivity contribution in [1.29, 1.82) is 0 Å². The molecule has 0 heterocycles. The van der Waals surface area contributed by atoms with Crippen molar-refractivity contribution in [3.8, 4) is 11.5 Å². The first-order valence-electron chi connectivity index (χ1n) is 4.25. The summed E-state index contributed by atoms with van der Waals surface area (Å²) in [7, 11) is 1.49. The lowest BCUT2D eigenvalue weighted by molar-refractivity contribution is -0.107. The Hall–Kier alpha value is -1.77. The molecule has 0 fully saturated rings. The number of aldehydes is 1. The van der Waals surface area contributed by atoms with Crippen molar-refractivity contribution in [3.05, 3.63) is 29.8 Å². The molecule has 0 aliphatic carbocycles. The minimum atomic E-state index is 0.111. The van der Waals surface area contributed by atoms with Gasteiger partial charge in [0.25, 0.3) is 0 Å². The molecule has 0 radical (unpaired) electrons. The number of hydrogen-bond acceptors (Lipinski definition) is 3. The van der Waals surface area contributed by atoms with E-state index in [1.54, 1.807) is 30.4 Å².